The normalized spacial score (nSPS) is 50.5. The van der Waals surface area contributed by atoms with Gasteiger partial charge >= 0.3 is 0 Å². The number of aliphatic hydroxyl groups is 3. The Labute approximate surface area is 203 Å². The molecule has 0 aromatic carbocycles. The van der Waals surface area contributed by atoms with Crippen molar-refractivity contribution in [2.24, 2.45) is 45.3 Å². The largest absolute Gasteiger partial charge is 0.393 e. The molecule has 4 fully saturated rings. The van der Waals surface area contributed by atoms with Crippen LogP contribution in [0.4, 0.5) is 0 Å². The second kappa shape index (κ2) is 8.07. The Morgan fingerprint density at radius 3 is 2.18 bits per heavy atom. The van der Waals surface area contributed by atoms with Crippen LogP contribution < -0.4 is 0 Å². The Bertz CT molecular complexity index is 779. The van der Waals surface area contributed by atoms with Gasteiger partial charge in [0.25, 0.3) is 0 Å². The maximum absolute atomic E-state index is 11.8. The number of fused-ring (bicyclic) bond motifs is 5. The topological polar surface area (TPSA) is 60.7 Å². The van der Waals surface area contributed by atoms with E-state index in [9.17, 15) is 15.3 Å². The monoisotopic (exact) mass is 460 g/mol. The summed E-state index contributed by atoms with van der Waals surface area (Å²) in [5, 5.41) is 34.3. The molecule has 190 valence electrons. The third-order valence-electron chi connectivity index (χ3n) is 12.4. The van der Waals surface area contributed by atoms with Crippen LogP contribution in [0, 0.1) is 45.3 Å². The van der Waals surface area contributed by atoms with E-state index < -0.39 is 5.60 Å². The molecule has 4 saturated carbocycles. The Morgan fingerprint density at radius 2 is 1.55 bits per heavy atom. The first-order valence-corrected chi connectivity index (χ1v) is 13.8. The van der Waals surface area contributed by atoms with Crippen LogP contribution in [0.1, 0.15) is 113 Å². The van der Waals surface area contributed by atoms with Crippen LogP contribution in [0.3, 0.4) is 0 Å². The molecule has 0 radical (unpaired) electrons. The quantitative estimate of drug-likeness (QED) is 0.420. The van der Waals surface area contributed by atoms with Crippen molar-refractivity contribution >= 4 is 0 Å². The summed E-state index contributed by atoms with van der Waals surface area (Å²) in [5.41, 5.74) is 0.885. The van der Waals surface area contributed by atoms with Crippen molar-refractivity contribution in [2.45, 2.75) is 131 Å². The van der Waals surface area contributed by atoms with Gasteiger partial charge in [0.1, 0.15) is 0 Å². The first-order chi connectivity index (χ1) is 15.1. The van der Waals surface area contributed by atoms with Gasteiger partial charge in [0, 0.05) is 0 Å². The maximum atomic E-state index is 11.8. The summed E-state index contributed by atoms with van der Waals surface area (Å²) >= 11 is 0. The van der Waals surface area contributed by atoms with Gasteiger partial charge in [-0.25, -0.2) is 0 Å². The number of hydrogen-bond acceptors (Lipinski definition) is 3. The van der Waals surface area contributed by atoms with E-state index in [0.29, 0.717) is 11.8 Å². The van der Waals surface area contributed by atoms with Crippen LogP contribution in [-0.4, -0.2) is 33.1 Å². The highest BCUT2D eigenvalue weighted by Crippen LogP contribution is 2.75. The summed E-state index contributed by atoms with van der Waals surface area (Å²) in [6.45, 7) is 18.3. The van der Waals surface area contributed by atoms with Crippen molar-refractivity contribution in [3.8, 4) is 0 Å². The van der Waals surface area contributed by atoms with E-state index in [0.717, 1.165) is 44.9 Å². The minimum Gasteiger partial charge on any atom is -0.393 e. The molecular formula is C30H52O3. The number of allylic oxidation sites excluding steroid dienone is 2. The zero-order valence-electron chi connectivity index (χ0n) is 22.7. The van der Waals surface area contributed by atoms with Crippen molar-refractivity contribution in [1.29, 1.82) is 0 Å². The molecule has 0 spiro atoms. The first-order valence-electron chi connectivity index (χ1n) is 13.8. The van der Waals surface area contributed by atoms with Gasteiger partial charge in [0.05, 0.1) is 17.8 Å². The number of rotatable bonds is 4. The number of hydrogen-bond donors (Lipinski definition) is 3. The molecule has 3 N–H and O–H groups in total. The summed E-state index contributed by atoms with van der Waals surface area (Å²) in [6.07, 6.45) is 10.6. The molecule has 3 heteroatoms. The van der Waals surface area contributed by atoms with Crippen molar-refractivity contribution in [3.63, 3.8) is 0 Å². The van der Waals surface area contributed by atoms with Gasteiger partial charge in [0.2, 0.25) is 0 Å². The molecule has 10 atom stereocenters. The van der Waals surface area contributed by atoms with Gasteiger partial charge in [-0.3, -0.25) is 0 Å². The second-order valence-corrected chi connectivity index (χ2v) is 14.5. The standard InChI is InChI=1S/C30H52O3/c1-19(2)10-9-14-30(8,33)20-11-16-29(7)25(20)21(31)18-23-27(5)15-13-24(32)26(3,4)22(27)12-17-28(23,29)6/h10,20-25,31-33H,9,11-18H2,1-8H3/t20-,21-,22+,23+,24+,25+,27+,28+,29-,30-/m1/s1. The molecular weight excluding hydrogens is 408 g/mol. The van der Waals surface area contributed by atoms with E-state index in [1.54, 1.807) is 0 Å². The molecule has 0 amide bonds. The molecule has 3 nitrogen and oxygen atoms in total. The molecule has 0 aromatic rings. The van der Waals surface area contributed by atoms with Crippen LogP contribution in [0.2, 0.25) is 0 Å². The van der Waals surface area contributed by atoms with Gasteiger partial charge < -0.3 is 15.3 Å². The molecule has 33 heavy (non-hydrogen) atoms. The predicted molar refractivity (Wildman–Crippen MR) is 136 cm³/mol. The zero-order valence-corrected chi connectivity index (χ0v) is 22.7. The summed E-state index contributed by atoms with van der Waals surface area (Å²) in [5.74, 6) is 1.31. The third kappa shape index (κ3) is 3.61. The summed E-state index contributed by atoms with van der Waals surface area (Å²) in [6, 6.07) is 0. The second-order valence-electron chi connectivity index (χ2n) is 14.5. The van der Waals surface area contributed by atoms with Crippen LogP contribution in [0.15, 0.2) is 11.6 Å². The highest BCUT2D eigenvalue weighted by molar-refractivity contribution is 5.20. The summed E-state index contributed by atoms with van der Waals surface area (Å²) in [7, 11) is 0. The van der Waals surface area contributed by atoms with Gasteiger partial charge in [-0.1, -0.05) is 46.3 Å². The van der Waals surface area contributed by atoms with Crippen molar-refractivity contribution < 1.29 is 15.3 Å². The van der Waals surface area contributed by atoms with Gasteiger partial charge in [-0.2, -0.15) is 0 Å². The van der Waals surface area contributed by atoms with Crippen molar-refractivity contribution in [3.05, 3.63) is 11.6 Å². The van der Waals surface area contributed by atoms with E-state index >= 15 is 0 Å². The third-order valence-corrected chi connectivity index (χ3v) is 12.4. The van der Waals surface area contributed by atoms with E-state index in [2.05, 4.69) is 54.5 Å². The lowest BCUT2D eigenvalue weighted by Crippen LogP contribution is -2.66. The highest BCUT2D eigenvalue weighted by Gasteiger charge is 2.71. The lowest BCUT2D eigenvalue weighted by atomic mass is 9.35. The average molecular weight is 461 g/mol. The lowest BCUT2D eigenvalue weighted by Gasteiger charge is -2.70. The van der Waals surface area contributed by atoms with Gasteiger partial charge in [0.15, 0.2) is 0 Å². The SMILES string of the molecule is CC(C)=CCC[C@@](C)(O)[C@@H]1CC[C@]2(C)[C@@H]1[C@H](O)C[C@H]1[C@@]3(C)CC[C@H](O)C(C)(C)[C@@H]3CC[C@@]12C. The first kappa shape index (κ1) is 25.7. The number of aliphatic hydroxyl groups excluding tert-OH is 2. The molecule has 4 rings (SSSR count). The molecule has 4 aliphatic rings. The van der Waals surface area contributed by atoms with E-state index in [4.69, 9.17) is 0 Å². The molecule has 0 bridgehead atoms. The Kier molecular flexibility index (Phi) is 6.28. The Hall–Kier alpha value is -0.380. The Morgan fingerprint density at radius 1 is 0.909 bits per heavy atom. The van der Waals surface area contributed by atoms with Gasteiger partial charge in [-0.15, -0.1) is 0 Å². The fraction of sp³-hybridized carbons (Fsp3) is 0.933. The molecule has 0 saturated heterocycles. The van der Waals surface area contributed by atoms with E-state index in [-0.39, 0.29) is 45.7 Å². The zero-order chi connectivity index (χ0) is 24.6. The molecule has 0 aliphatic heterocycles. The van der Waals surface area contributed by atoms with E-state index in [1.807, 2.05) is 6.92 Å². The maximum Gasteiger partial charge on any atom is 0.0654 e. The fourth-order valence-electron chi connectivity index (χ4n) is 10.3. The molecule has 0 aromatic heterocycles. The van der Waals surface area contributed by atoms with Crippen LogP contribution >= 0.6 is 0 Å². The van der Waals surface area contributed by atoms with Crippen LogP contribution in [0.25, 0.3) is 0 Å². The highest BCUT2D eigenvalue weighted by atomic mass is 16.3. The van der Waals surface area contributed by atoms with Crippen molar-refractivity contribution in [2.75, 3.05) is 0 Å². The summed E-state index contributed by atoms with van der Waals surface area (Å²) in [4.78, 5) is 0. The molecule has 0 heterocycles. The predicted octanol–water partition coefficient (Wildman–Crippen LogP) is 6.50. The molecule has 0 unspecified atom stereocenters. The average Bonchev–Trinajstić information content (AvgIpc) is 3.08. The smallest absolute Gasteiger partial charge is 0.0654 e. The van der Waals surface area contributed by atoms with Crippen LogP contribution in [0.5, 0.6) is 0 Å². The Balaban J connectivity index is 1.66. The minimum absolute atomic E-state index is 0.0503. The van der Waals surface area contributed by atoms with Gasteiger partial charge in [-0.05, 0) is 124 Å². The van der Waals surface area contributed by atoms with Crippen LogP contribution in [-0.2, 0) is 0 Å². The minimum atomic E-state index is -0.739. The fourth-order valence-corrected chi connectivity index (χ4v) is 10.3. The summed E-state index contributed by atoms with van der Waals surface area (Å²) < 4.78 is 0. The van der Waals surface area contributed by atoms with Crippen molar-refractivity contribution in [1.82, 2.24) is 0 Å². The van der Waals surface area contributed by atoms with E-state index in [1.165, 1.54) is 18.4 Å². The molecule has 4 aliphatic carbocycles. The lowest BCUT2D eigenvalue weighted by molar-refractivity contribution is -0.246.